The first kappa shape index (κ1) is 14.6. The average Bonchev–Trinajstić information content (AvgIpc) is 2.86. The van der Waals surface area contributed by atoms with Gasteiger partial charge in [-0.2, -0.15) is 5.10 Å². The fraction of sp³-hybridized carbons (Fsp3) is 0.375. The highest BCUT2D eigenvalue weighted by Gasteiger charge is 2.34. The highest BCUT2D eigenvalue weighted by Crippen LogP contribution is 2.29. The zero-order valence-corrected chi connectivity index (χ0v) is 12.6. The lowest BCUT2D eigenvalue weighted by Gasteiger charge is -2.37. The average molecular weight is 302 g/mol. The Morgan fingerprint density at radius 3 is 2.82 bits per heavy atom. The van der Waals surface area contributed by atoms with Gasteiger partial charge in [0.2, 0.25) is 0 Å². The summed E-state index contributed by atoms with van der Waals surface area (Å²) in [6.07, 6.45) is 0. The third kappa shape index (κ3) is 2.82. The molecule has 0 radical (unpaired) electrons. The van der Waals surface area contributed by atoms with E-state index in [1.807, 2.05) is 24.3 Å². The van der Waals surface area contributed by atoms with E-state index in [1.165, 1.54) is 0 Å². The molecule has 6 heteroatoms. The Bertz CT molecular complexity index is 704. The quantitative estimate of drug-likeness (QED) is 0.916. The lowest BCUT2D eigenvalue weighted by molar-refractivity contribution is -0.120. The van der Waals surface area contributed by atoms with Gasteiger partial charge in [0.1, 0.15) is 5.75 Å². The second-order valence-electron chi connectivity index (χ2n) is 5.96. The van der Waals surface area contributed by atoms with E-state index in [1.54, 1.807) is 17.8 Å². The van der Waals surface area contributed by atoms with Gasteiger partial charge in [0.05, 0.1) is 25.5 Å². The molecule has 3 rings (SSSR count). The SMILES string of the molecule is Cn1nc(C(=O)O)cc1-c1cccc(OCC2(C)COC2)c1. The number of hydrogen-bond acceptors (Lipinski definition) is 4. The normalized spacial score (nSPS) is 16.1. The van der Waals surface area contributed by atoms with Gasteiger partial charge in [0.15, 0.2) is 5.69 Å². The standard InChI is InChI=1S/C16H18N2O4/c1-16(8-21-9-16)10-22-12-5-3-4-11(6-12)14-7-13(15(19)20)17-18(14)2/h3-7H,8-10H2,1-2H3,(H,19,20). The number of hydrogen-bond donors (Lipinski definition) is 1. The van der Waals surface area contributed by atoms with E-state index < -0.39 is 5.97 Å². The van der Waals surface area contributed by atoms with E-state index in [9.17, 15) is 4.79 Å². The molecule has 116 valence electrons. The Labute approximate surface area is 128 Å². The number of nitrogens with zero attached hydrogens (tertiary/aromatic N) is 2. The van der Waals surface area contributed by atoms with Crippen LogP contribution in [-0.2, 0) is 11.8 Å². The molecule has 1 aromatic carbocycles. The summed E-state index contributed by atoms with van der Waals surface area (Å²) in [6.45, 7) is 4.16. The first-order chi connectivity index (χ1) is 10.5. The van der Waals surface area contributed by atoms with Crippen molar-refractivity contribution >= 4 is 5.97 Å². The van der Waals surface area contributed by atoms with Crippen LogP contribution in [0.4, 0.5) is 0 Å². The van der Waals surface area contributed by atoms with E-state index in [2.05, 4.69) is 12.0 Å². The molecule has 1 fully saturated rings. The van der Waals surface area contributed by atoms with Crippen molar-refractivity contribution in [3.8, 4) is 17.0 Å². The van der Waals surface area contributed by atoms with Gasteiger partial charge in [-0.05, 0) is 18.2 Å². The van der Waals surface area contributed by atoms with Crippen molar-refractivity contribution < 1.29 is 19.4 Å². The summed E-state index contributed by atoms with van der Waals surface area (Å²) in [5.41, 5.74) is 1.72. The number of rotatable bonds is 5. The van der Waals surface area contributed by atoms with Gasteiger partial charge >= 0.3 is 5.97 Å². The molecule has 1 aromatic heterocycles. The molecule has 0 saturated carbocycles. The number of carbonyl (C=O) groups is 1. The largest absolute Gasteiger partial charge is 0.493 e. The predicted octanol–water partition coefficient (Wildman–Crippen LogP) is 2.20. The maximum Gasteiger partial charge on any atom is 0.356 e. The zero-order valence-electron chi connectivity index (χ0n) is 12.6. The number of aryl methyl sites for hydroxylation is 1. The molecule has 0 aliphatic carbocycles. The van der Waals surface area contributed by atoms with E-state index in [-0.39, 0.29) is 11.1 Å². The molecule has 0 spiro atoms. The van der Waals surface area contributed by atoms with Crippen molar-refractivity contribution in [3.63, 3.8) is 0 Å². The van der Waals surface area contributed by atoms with Gasteiger partial charge in [-0.1, -0.05) is 19.1 Å². The molecule has 0 bridgehead atoms. The van der Waals surface area contributed by atoms with E-state index in [0.717, 1.165) is 30.2 Å². The van der Waals surface area contributed by atoms with Crippen molar-refractivity contribution in [2.45, 2.75) is 6.92 Å². The van der Waals surface area contributed by atoms with Crippen molar-refractivity contribution in [2.24, 2.45) is 12.5 Å². The minimum atomic E-state index is -1.04. The third-order valence-electron chi connectivity index (χ3n) is 3.72. The van der Waals surface area contributed by atoms with Crippen LogP contribution in [0.5, 0.6) is 5.75 Å². The number of aromatic carboxylic acids is 1. The molecule has 22 heavy (non-hydrogen) atoms. The minimum Gasteiger partial charge on any atom is -0.493 e. The van der Waals surface area contributed by atoms with E-state index >= 15 is 0 Å². The van der Waals surface area contributed by atoms with Gasteiger partial charge in [-0.25, -0.2) is 4.79 Å². The molecule has 2 heterocycles. The van der Waals surface area contributed by atoms with Crippen LogP contribution >= 0.6 is 0 Å². The molecule has 6 nitrogen and oxygen atoms in total. The van der Waals surface area contributed by atoms with Gasteiger partial charge in [0, 0.05) is 18.0 Å². The second kappa shape index (κ2) is 5.46. The number of carboxylic acid groups (broad SMARTS) is 1. The molecule has 0 atom stereocenters. The third-order valence-corrected chi connectivity index (χ3v) is 3.72. The number of carboxylic acids is 1. The van der Waals surface area contributed by atoms with Crippen molar-refractivity contribution in [1.82, 2.24) is 9.78 Å². The monoisotopic (exact) mass is 302 g/mol. The van der Waals surface area contributed by atoms with Crippen LogP contribution in [0.1, 0.15) is 17.4 Å². The molecule has 0 unspecified atom stereocenters. The highest BCUT2D eigenvalue weighted by molar-refractivity contribution is 5.87. The molecular formula is C16H18N2O4. The maximum atomic E-state index is 11.0. The Balaban J connectivity index is 1.80. The van der Waals surface area contributed by atoms with Crippen LogP contribution in [0, 0.1) is 5.41 Å². The highest BCUT2D eigenvalue weighted by atomic mass is 16.5. The Hall–Kier alpha value is -2.34. The van der Waals surface area contributed by atoms with Crippen LogP contribution in [0.3, 0.4) is 0 Å². The second-order valence-corrected chi connectivity index (χ2v) is 5.96. The first-order valence-electron chi connectivity index (χ1n) is 7.05. The molecule has 1 saturated heterocycles. The molecule has 2 aromatic rings. The molecule has 1 aliphatic rings. The van der Waals surface area contributed by atoms with E-state index in [0.29, 0.717) is 6.61 Å². The van der Waals surface area contributed by atoms with Gasteiger partial charge < -0.3 is 14.6 Å². The van der Waals surface area contributed by atoms with Gasteiger partial charge in [0.25, 0.3) is 0 Å². The Kier molecular flexibility index (Phi) is 3.62. The summed E-state index contributed by atoms with van der Waals surface area (Å²) in [5, 5.41) is 13.0. The Morgan fingerprint density at radius 1 is 1.45 bits per heavy atom. The van der Waals surface area contributed by atoms with Crippen molar-refractivity contribution in [3.05, 3.63) is 36.0 Å². The number of benzene rings is 1. The number of ether oxygens (including phenoxy) is 2. The fourth-order valence-corrected chi connectivity index (χ4v) is 2.38. The first-order valence-corrected chi connectivity index (χ1v) is 7.05. The number of aromatic nitrogens is 2. The summed E-state index contributed by atoms with van der Waals surface area (Å²) in [7, 11) is 1.72. The molecule has 1 aliphatic heterocycles. The molecule has 0 amide bonds. The predicted molar refractivity (Wildman–Crippen MR) is 80.0 cm³/mol. The Morgan fingerprint density at radius 2 is 2.23 bits per heavy atom. The summed E-state index contributed by atoms with van der Waals surface area (Å²) in [5.74, 6) is -0.282. The van der Waals surface area contributed by atoms with Crippen LogP contribution in [0.2, 0.25) is 0 Å². The summed E-state index contributed by atoms with van der Waals surface area (Å²) >= 11 is 0. The fourth-order valence-electron chi connectivity index (χ4n) is 2.38. The molecule has 1 N–H and O–H groups in total. The van der Waals surface area contributed by atoms with Crippen LogP contribution in [-0.4, -0.2) is 40.7 Å². The zero-order chi connectivity index (χ0) is 15.7. The van der Waals surface area contributed by atoms with E-state index in [4.69, 9.17) is 14.6 Å². The maximum absolute atomic E-state index is 11.0. The van der Waals surface area contributed by atoms with Crippen molar-refractivity contribution in [1.29, 1.82) is 0 Å². The lowest BCUT2D eigenvalue weighted by Crippen LogP contribution is -2.44. The van der Waals surface area contributed by atoms with Gasteiger partial charge in [-0.3, -0.25) is 4.68 Å². The van der Waals surface area contributed by atoms with Crippen LogP contribution in [0.25, 0.3) is 11.3 Å². The summed E-state index contributed by atoms with van der Waals surface area (Å²) < 4.78 is 12.6. The minimum absolute atomic E-state index is 0.0305. The lowest BCUT2D eigenvalue weighted by atomic mass is 9.90. The van der Waals surface area contributed by atoms with Gasteiger partial charge in [-0.15, -0.1) is 0 Å². The molecular weight excluding hydrogens is 284 g/mol. The summed E-state index contributed by atoms with van der Waals surface area (Å²) in [4.78, 5) is 11.0. The van der Waals surface area contributed by atoms with Crippen LogP contribution < -0.4 is 4.74 Å². The topological polar surface area (TPSA) is 73.6 Å². The van der Waals surface area contributed by atoms with Crippen molar-refractivity contribution in [2.75, 3.05) is 19.8 Å². The smallest absolute Gasteiger partial charge is 0.356 e. The summed E-state index contributed by atoms with van der Waals surface area (Å²) in [6, 6.07) is 9.14. The van der Waals surface area contributed by atoms with Crippen LogP contribution in [0.15, 0.2) is 30.3 Å².